The lowest BCUT2D eigenvalue weighted by Crippen LogP contribution is -2.54. The topological polar surface area (TPSA) is 49.7 Å². The molecular weight excluding hydrogens is 255 g/mol. The summed E-state index contributed by atoms with van der Waals surface area (Å²) in [4.78, 5) is 0.903. The Morgan fingerprint density at radius 1 is 1.22 bits per heavy atom. The molecule has 0 saturated carbocycles. The number of aliphatic hydroxyl groups is 2. The lowest BCUT2D eigenvalue weighted by molar-refractivity contribution is -0.177. The van der Waals surface area contributed by atoms with Crippen molar-refractivity contribution in [1.82, 2.24) is 0 Å². The molecule has 1 saturated heterocycles. The fourth-order valence-corrected chi connectivity index (χ4v) is 3.03. The fraction of sp³-hybridized carbons (Fsp3) is 0.538. The number of ether oxygens (including phenoxy) is 1. The van der Waals surface area contributed by atoms with Crippen LogP contribution in [0.15, 0.2) is 35.2 Å². The van der Waals surface area contributed by atoms with Gasteiger partial charge in [0.25, 0.3) is 0 Å². The summed E-state index contributed by atoms with van der Waals surface area (Å²) in [5.41, 5.74) is -0.684. The molecule has 5 heteroatoms. The molecule has 2 rings (SSSR count). The van der Waals surface area contributed by atoms with Crippen LogP contribution in [0, 0.1) is 0 Å². The normalized spacial score (nSPS) is 36.6. The summed E-state index contributed by atoms with van der Waals surface area (Å²) in [5.74, 6) is 0. The van der Waals surface area contributed by atoms with Crippen LogP contribution in [0.5, 0.6) is 0 Å². The average Bonchev–Trinajstić information content (AvgIpc) is 2.40. The van der Waals surface area contributed by atoms with Crippen molar-refractivity contribution < 1.29 is 19.3 Å². The zero-order chi connectivity index (χ0) is 13.1. The van der Waals surface area contributed by atoms with Crippen LogP contribution in [0.3, 0.4) is 0 Å². The molecular formula is C13H17FO3S. The van der Waals surface area contributed by atoms with Gasteiger partial charge >= 0.3 is 0 Å². The van der Waals surface area contributed by atoms with Crippen LogP contribution < -0.4 is 0 Å². The first kappa shape index (κ1) is 13.8. The number of thioether (sulfide) groups is 1. The maximum atomic E-state index is 13.8. The molecule has 0 aliphatic carbocycles. The van der Waals surface area contributed by atoms with Gasteiger partial charge in [-0.2, -0.15) is 0 Å². The van der Waals surface area contributed by atoms with Crippen LogP contribution in [-0.2, 0) is 4.74 Å². The average molecular weight is 272 g/mol. The van der Waals surface area contributed by atoms with Crippen LogP contribution >= 0.6 is 11.8 Å². The van der Waals surface area contributed by atoms with Crippen molar-refractivity contribution in [2.24, 2.45) is 0 Å². The second-order valence-corrected chi connectivity index (χ2v) is 5.48. The van der Waals surface area contributed by atoms with Crippen molar-refractivity contribution >= 4 is 11.8 Å². The predicted molar refractivity (Wildman–Crippen MR) is 68.2 cm³/mol. The second-order valence-electron chi connectivity index (χ2n) is 4.31. The molecule has 0 bridgehead atoms. The standard InChI is InChI=1S/C13H17FO3S/c1-2-9-11(15)10(14)12(16)13(17-9)18-8-6-4-3-5-7-8/h3-7,9-13,15-16H,2H2,1H3. The summed E-state index contributed by atoms with van der Waals surface area (Å²) in [6, 6.07) is 9.38. The Labute approximate surface area is 110 Å². The molecule has 3 nitrogen and oxygen atoms in total. The van der Waals surface area contributed by atoms with E-state index in [4.69, 9.17) is 4.74 Å². The Hall–Kier alpha value is -0.620. The Morgan fingerprint density at radius 2 is 1.89 bits per heavy atom. The highest BCUT2D eigenvalue weighted by atomic mass is 32.2. The Kier molecular flexibility index (Phi) is 4.61. The molecule has 18 heavy (non-hydrogen) atoms. The van der Waals surface area contributed by atoms with E-state index in [2.05, 4.69) is 0 Å². The third-order valence-electron chi connectivity index (χ3n) is 3.02. The predicted octanol–water partition coefficient (Wildman–Crippen LogP) is 1.97. The fourth-order valence-electron chi connectivity index (χ4n) is 1.96. The lowest BCUT2D eigenvalue weighted by atomic mass is 10.00. The molecule has 1 fully saturated rings. The van der Waals surface area contributed by atoms with Crippen molar-refractivity contribution in [3.05, 3.63) is 30.3 Å². The van der Waals surface area contributed by atoms with Gasteiger partial charge in [-0.3, -0.25) is 0 Å². The van der Waals surface area contributed by atoms with Crippen LogP contribution in [0.4, 0.5) is 4.39 Å². The highest BCUT2D eigenvalue weighted by molar-refractivity contribution is 7.99. The van der Waals surface area contributed by atoms with Gasteiger partial charge in [-0.25, -0.2) is 4.39 Å². The molecule has 1 heterocycles. The van der Waals surface area contributed by atoms with Crippen molar-refractivity contribution in [3.8, 4) is 0 Å². The smallest absolute Gasteiger partial charge is 0.158 e. The first-order valence-electron chi connectivity index (χ1n) is 6.01. The van der Waals surface area contributed by atoms with Gasteiger partial charge in [0.15, 0.2) is 6.17 Å². The van der Waals surface area contributed by atoms with Crippen LogP contribution in [0.2, 0.25) is 0 Å². The largest absolute Gasteiger partial charge is 0.387 e. The number of hydrogen-bond donors (Lipinski definition) is 2. The summed E-state index contributed by atoms with van der Waals surface area (Å²) in [5, 5.41) is 19.4. The number of rotatable bonds is 3. The maximum Gasteiger partial charge on any atom is 0.158 e. The van der Waals surface area contributed by atoms with Crippen molar-refractivity contribution in [2.75, 3.05) is 0 Å². The lowest BCUT2D eigenvalue weighted by Gasteiger charge is -2.38. The van der Waals surface area contributed by atoms with E-state index >= 15 is 0 Å². The van der Waals surface area contributed by atoms with Gasteiger partial charge < -0.3 is 14.9 Å². The maximum absolute atomic E-state index is 13.8. The Balaban J connectivity index is 2.08. The molecule has 5 unspecified atom stereocenters. The number of aliphatic hydroxyl groups excluding tert-OH is 2. The summed E-state index contributed by atoms with van der Waals surface area (Å²) >= 11 is 1.27. The van der Waals surface area contributed by atoms with Crippen LogP contribution in [-0.4, -0.2) is 40.1 Å². The van der Waals surface area contributed by atoms with Gasteiger partial charge in [0, 0.05) is 4.90 Å². The van der Waals surface area contributed by atoms with Gasteiger partial charge in [-0.05, 0) is 18.6 Å². The van der Waals surface area contributed by atoms with E-state index in [-0.39, 0.29) is 0 Å². The van der Waals surface area contributed by atoms with Crippen LogP contribution in [0.25, 0.3) is 0 Å². The SMILES string of the molecule is CCC1OC(Sc2ccccc2)C(O)C(F)C1O. The number of halogens is 1. The minimum absolute atomic E-state index is 0.514. The van der Waals surface area contributed by atoms with Crippen molar-refractivity contribution in [3.63, 3.8) is 0 Å². The minimum Gasteiger partial charge on any atom is -0.387 e. The molecule has 0 radical (unpaired) electrons. The summed E-state index contributed by atoms with van der Waals surface area (Å²) in [6.45, 7) is 1.82. The van der Waals surface area contributed by atoms with Crippen LogP contribution in [0.1, 0.15) is 13.3 Å². The van der Waals surface area contributed by atoms with E-state index in [1.165, 1.54) is 11.8 Å². The Morgan fingerprint density at radius 3 is 2.50 bits per heavy atom. The van der Waals surface area contributed by atoms with E-state index < -0.39 is 29.9 Å². The molecule has 100 valence electrons. The first-order valence-corrected chi connectivity index (χ1v) is 6.88. The van der Waals surface area contributed by atoms with E-state index in [1.807, 2.05) is 37.3 Å². The second kappa shape index (κ2) is 6.02. The van der Waals surface area contributed by atoms with Gasteiger partial charge in [-0.1, -0.05) is 36.9 Å². The number of alkyl halides is 1. The van der Waals surface area contributed by atoms with Gasteiger partial charge in [-0.15, -0.1) is 0 Å². The summed E-state index contributed by atoms with van der Waals surface area (Å²) in [7, 11) is 0. The molecule has 1 aromatic carbocycles. The number of hydrogen-bond acceptors (Lipinski definition) is 4. The first-order chi connectivity index (χ1) is 8.63. The minimum atomic E-state index is -1.66. The Bertz CT molecular complexity index is 374. The zero-order valence-electron chi connectivity index (χ0n) is 10.1. The third-order valence-corrected chi connectivity index (χ3v) is 4.19. The molecule has 1 aromatic rings. The quantitative estimate of drug-likeness (QED) is 0.883. The highest BCUT2D eigenvalue weighted by Crippen LogP contribution is 2.34. The molecule has 5 atom stereocenters. The van der Waals surface area contributed by atoms with E-state index in [0.29, 0.717) is 6.42 Å². The van der Waals surface area contributed by atoms with E-state index in [0.717, 1.165) is 4.90 Å². The molecule has 1 aliphatic heterocycles. The molecule has 0 amide bonds. The molecule has 1 aliphatic rings. The van der Waals surface area contributed by atoms with Crippen molar-refractivity contribution in [2.45, 2.75) is 48.2 Å². The van der Waals surface area contributed by atoms with Gasteiger partial charge in [0.05, 0.1) is 6.10 Å². The van der Waals surface area contributed by atoms with E-state index in [9.17, 15) is 14.6 Å². The molecule has 2 N–H and O–H groups in total. The molecule has 0 aromatic heterocycles. The third kappa shape index (κ3) is 2.85. The number of benzene rings is 1. The zero-order valence-corrected chi connectivity index (χ0v) is 10.9. The highest BCUT2D eigenvalue weighted by Gasteiger charge is 2.44. The molecule has 0 spiro atoms. The monoisotopic (exact) mass is 272 g/mol. The summed E-state index contributed by atoms with van der Waals surface area (Å²) in [6.07, 6.45) is -4.28. The van der Waals surface area contributed by atoms with Gasteiger partial charge in [0.1, 0.15) is 17.6 Å². The summed E-state index contributed by atoms with van der Waals surface area (Å²) < 4.78 is 19.3. The van der Waals surface area contributed by atoms with Crippen molar-refractivity contribution in [1.29, 1.82) is 0 Å². The van der Waals surface area contributed by atoms with E-state index in [1.54, 1.807) is 0 Å². The van der Waals surface area contributed by atoms with Gasteiger partial charge in [0.2, 0.25) is 0 Å².